The van der Waals surface area contributed by atoms with E-state index in [4.69, 9.17) is 4.42 Å². The van der Waals surface area contributed by atoms with Gasteiger partial charge in [-0.3, -0.25) is 4.79 Å². The summed E-state index contributed by atoms with van der Waals surface area (Å²) in [5, 5.41) is 11.3. The van der Waals surface area contributed by atoms with Crippen molar-refractivity contribution in [3.63, 3.8) is 0 Å². The number of amides is 1. The smallest absolute Gasteiger partial charge is 0.233 e. The third kappa shape index (κ3) is 3.19. The topological polar surface area (TPSA) is 64.2 Å². The highest BCUT2D eigenvalue weighted by Crippen LogP contribution is 2.35. The van der Waals surface area contributed by atoms with Crippen LogP contribution < -0.4 is 0 Å². The molecule has 1 unspecified atom stereocenters. The lowest BCUT2D eigenvalue weighted by Crippen LogP contribution is -2.31. The van der Waals surface area contributed by atoms with Gasteiger partial charge >= 0.3 is 0 Å². The van der Waals surface area contributed by atoms with Gasteiger partial charge in [-0.2, -0.15) is 0 Å². The number of nitrogens with zero attached hydrogens (tertiary/aromatic N) is 4. The summed E-state index contributed by atoms with van der Waals surface area (Å²) in [6.07, 6.45) is 3.76. The van der Waals surface area contributed by atoms with Crippen molar-refractivity contribution < 1.29 is 9.21 Å². The van der Waals surface area contributed by atoms with Gasteiger partial charge in [0, 0.05) is 18.5 Å². The summed E-state index contributed by atoms with van der Waals surface area (Å²) in [4.78, 5) is 16.0. The van der Waals surface area contributed by atoms with Crippen molar-refractivity contribution in [2.75, 3.05) is 12.3 Å². The molecule has 1 fully saturated rings. The lowest BCUT2D eigenvalue weighted by molar-refractivity contribution is -0.129. The summed E-state index contributed by atoms with van der Waals surface area (Å²) in [6.45, 7) is 2.73. The lowest BCUT2D eigenvalue weighted by Gasteiger charge is -2.23. The van der Waals surface area contributed by atoms with Crippen LogP contribution >= 0.6 is 23.1 Å². The molecule has 1 aliphatic rings. The molecule has 0 aromatic carbocycles. The lowest BCUT2D eigenvalue weighted by atomic mass is 10.2. The van der Waals surface area contributed by atoms with Crippen LogP contribution in [-0.2, 0) is 11.8 Å². The largest absolute Gasteiger partial charge is 0.469 e. The maximum atomic E-state index is 12.8. The highest BCUT2D eigenvalue weighted by Gasteiger charge is 2.30. The number of thiophene rings is 1. The Balaban J connectivity index is 1.44. The molecule has 8 heteroatoms. The van der Waals surface area contributed by atoms with Gasteiger partial charge in [0.05, 0.1) is 23.6 Å². The van der Waals surface area contributed by atoms with Crippen molar-refractivity contribution >= 4 is 29.0 Å². The van der Waals surface area contributed by atoms with E-state index in [1.807, 2.05) is 29.5 Å². The van der Waals surface area contributed by atoms with Gasteiger partial charge in [0.25, 0.3) is 0 Å². The monoisotopic (exact) mass is 388 g/mol. The molecular weight excluding hydrogens is 368 g/mol. The number of hydrogen-bond acceptors (Lipinski definition) is 6. The van der Waals surface area contributed by atoms with Gasteiger partial charge < -0.3 is 13.9 Å². The van der Waals surface area contributed by atoms with Gasteiger partial charge in [0.2, 0.25) is 5.91 Å². The summed E-state index contributed by atoms with van der Waals surface area (Å²) in [6, 6.07) is 6.28. The average molecular weight is 389 g/mol. The van der Waals surface area contributed by atoms with Crippen molar-refractivity contribution in [1.82, 2.24) is 19.7 Å². The third-order valence-electron chi connectivity index (χ3n) is 4.70. The van der Waals surface area contributed by atoms with E-state index in [-0.39, 0.29) is 11.9 Å². The Hall–Kier alpha value is -2.06. The molecule has 0 radical (unpaired) electrons. The normalized spacial score (nSPS) is 17.2. The van der Waals surface area contributed by atoms with Gasteiger partial charge in [-0.05, 0) is 37.3 Å². The van der Waals surface area contributed by atoms with Crippen LogP contribution in [0.1, 0.15) is 29.5 Å². The van der Waals surface area contributed by atoms with E-state index in [2.05, 4.69) is 27.7 Å². The Bertz CT molecular complexity index is 900. The maximum Gasteiger partial charge on any atom is 0.233 e. The van der Waals surface area contributed by atoms with Crippen molar-refractivity contribution in [2.24, 2.45) is 7.05 Å². The van der Waals surface area contributed by atoms with Crippen LogP contribution in [0.5, 0.6) is 0 Å². The molecule has 1 aliphatic heterocycles. The van der Waals surface area contributed by atoms with Gasteiger partial charge in [0.15, 0.2) is 11.0 Å². The molecule has 1 amide bonds. The fourth-order valence-corrected chi connectivity index (χ4v) is 5.01. The zero-order valence-corrected chi connectivity index (χ0v) is 16.3. The Labute approximate surface area is 160 Å². The highest BCUT2D eigenvalue weighted by molar-refractivity contribution is 7.99. The van der Waals surface area contributed by atoms with E-state index in [9.17, 15) is 4.79 Å². The minimum atomic E-state index is 0.162. The predicted molar refractivity (Wildman–Crippen MR) is 102 cm³/mol. The fourth-order valence-electron chi connectivity index (χ4n) is 3.34. The molecule has 1 saturated heterocycles. The number of thioether (sulfide) groups is 1. The third-order valence-corrected chi connectivity index (χ3v) is 6.68. The molecule has 0 bridgehead atoms. The van der Waals surface area contributed by atoms with Crippen molar-refractivity contribution in [2.45, 2.75) is 31.0 Å². The summed E-state index contributed by atoms with van der Waals surface area (Å²) in [7, 11) is 1.92. The number of rotatable bonds is 5. The van der Waals surface area contributed by atoms with Gasteiger partial charge in [-0.15, -0.1) is 21.5 Å². The Morgan fingerprint density at radius 3 is 3.04 bits per heavy atom. The first-order chi connectivity index (χ1) is 12.6. The van der Waals surface area contributed by atoms with Crippen LogP contribution in [0.2, 0.25) is 0 Å². The Morgan fingerprint density at radius 2 is 2.31 bits per heavy atom. The Morgan fingerprint density at radius 1 is 1.42 bits per heavy atom. The quantitative estimate of drug-likeness (QED) is 0.620. The first-order valence-electron chi connectivity index (χ1n) is 8.54. The maximum absolute atomic E-state index is 12.8. The number of aromatic nitrogens is 3. The molecular formula is C18H20N4O2S2. The van der Waals surface area contributed by atoms with Crippen LogP contribution in [0.15, 0.2) is 39.4 Å². The summed E-state index contributed by atoms with van der Waals surface area (Å²) >= 11 is 3.16. The number of hydrogen-bond donors (Lipinski definition) is 0. The van der Waals surface area contributed by atoms with Crippen molar-refractivity contribution in [3.8, 4) is 11.4 Å². The van der Waals surface area contributed by atoms with Crippen molar-refractivity contribution in [1.29, 1.82) is 0 Å². The molecule has 3 aromatic heterocycles. The van der Waals surface area contributed by atoms with Crippen LogP contribution in [0.25, 0.3) is 11.4 Å². The SMILES string of the molecule is Cc1occc1-c1nnc(SCC(=O)N2CCCC2c2cccs2)n1C. The number of furan rings is 1. The standard InChI is InChI=1S/C18H20N4O2S2/c1-12-13(7-9-24-12)17-19-20-18(21(17)2)26-11-16(23)22-8-3-5-14(22)15-6-4-10-25-15/h4,6-7,9-10,14H,3,5,8,11H2,1-2H3. The molecule has 0 spiro atoms. The number of carbonyl (C=O) groups is 1. The van der Waals surface area contributed by atoms with Crippen LogP contribution in [0.3, 0.4) is 0 Å². The first kappa shape index (κ1) is 17.4. The number of aryl methyl sites for hydroxylation is 1. The van der Waals surface area contributed by atoms with Crippen LogP contribution in [0, 0.1) is 6.92 Å². The molecule has 26 heavy (non-hydrogen) atoms. The highest BCUT2D eigenvalue weighted by atomic mass is 32.2. The molecule has 4 heterocycles. The average Bonchev–Trinajstić information content (AvgIpc) is 3.40. The van der Waals surface area contributed by atoms with E-state index in [0.717, 1.165) is 41.7 Å². The number of carbonyl (C=O) groups excluding carboxylic acids is 1. The summed E-state index contributed by atoms with van der Waals surface area (Å²) < 4.78 is 7.26. The van der Waals surface area contributed by atoms with E-state index < -0.39 is 0 Å². The molecule has 6 nitrogen and oxygen atoms in total. The molecule has 0 N–H and O–H groups in total. The Kier molecular flexibility index (Phi) is 4.86. The zero-order valence-electron chi connectivity index (χ0n) is 14.7. The predicted octanol–water partition coefficient (Wildman–Crippen LogP) is 3.90. The minimum absolute atomic E-state index is 0.162. The molecule has 3 aromatic rings. The second-order valence-corrected chi connectivity index (χ2v) is 8.23. The second kappa shape index (κ2) is 7.28. The minimum Gasteiger partial charge on any atom is -0.469 e. The molecule has 0 aliphatic carbocycles. The molecule has 4 rings (SSSR count). The van der Waals surface area contributed by atoms with E-state index in [1.165, 1.54) is 16.6 Å². The van der Waals surface area contributed by atoms with Crippen LogP contribution in [-0.4, -0.2) is 37.9 Å². The van der Waals surface area contributed by atoms with E-state index in [0.29, 0.717) is 5.75 Å². The first-order valence-corrected chi connectivity index (χ1v) is 10.4. The van der Waals surface area contributed by atoms with Gasteiger partial charge in [0.1, 0.15) is 5.76 Å². The van der Waals surface area contributed by atoms with Gasteiger partial charge in [-0.25, -0.2) is 0 Å². The molecule has 1 atom stereocenters. The summed E-state index contributed by atoms with van der Waals surface area (Å²) in [5.41, 5.74) is 0.926. The zero-order chi connectivity index (χ0) is 18.1. The van der Waals surface area contributed by atoms with E-state index in [1.54, 1.807) is 17.6 Å². The van der Waals surface area contributed by atoms with Crippen LogP contribution in [0.4, 0.5) is 0 Å². The van der Waals surface area contributed by atoms with E-state index >= 15 is 0 Å². The van der Waals surface area contributed by atoms with Gasteiger partial charge in [-0.1, -0.05) is 17.8 Å². The number of likely N-dealkylation sites (tertiary alicyclic amines) is 1. The van der Waals surface area contributed by atoms with Crippen molar-refractivity contribution in [3.05, 3.63) is 40.5 Å². The fraction of sp³-hybridized carbons (Fsp3) is 0.389. The molecule has 136 valence electrons. The molecule has 0 saturated carbocycles. The second-order valence-electron chi connectivity index (χ2n) is 6.30. The summed E-state index contributed by atoms with van der Waals surface area (Å²) in [5.74, 6) is 2.10.